The maximum Gasteiger partial charge on any atom is 1.00 e. The predicted molar refractivity (Wildman–Crippen MR) is 122 cm³/mol. The van der Waals surface area contributed by atoms with Crippen LogP contribution in [-0.2, 0) is 32.0 Å². The van der Waals surface area contributed by atoms with Gasteiger partial charge in [0.05, 0.1) is 12.9 Å². The third-order valence-electron chi connectivity index (χ3n) is 5.88. The molecule has 0 spiro atoms. The van der Waals surface area contributed by atoms with E-state index in [1.165, 1.54) is 0 Å². The van der Waals surface area contributed by atoms with Gasteiger partial charge in [-0.25, -0.2) is 9.29 Å². The van der Waals surface area contributed by atoms with Crippen molar-refractivity contribution in [3.63, 3.8) is 0 Å². The fourth-order valence-electron chi connectivity index (χ4n) is 3.97. The molecule has 42 heavy (non-hydrogen) atoms. The maximum atomic E-state index is 12.2. The summed E-state index contributed by atoms with van der Waals surface area (Å²) in [5.74, 6) is 1.81. The Hall–Kier alpha value is -0.310. The van der Waals surface area contributed by atoms with Gasteiger partial charge >= 0.3 is 59.1 Å². The summed E-state index contributed by atoms with van der Waals surface area (Å²) in [5.41, 5.74) is 4.50. The number of H-pyrrole nitrogens is 1. The van der Waals surface area contributed by atoms with Crippen molar-refractivity contribution in [1.29, 1.82) is 0 Å². The van der Waals surface area contributed by atoms with Gasteiger partial charge in [-0.1, -0.05) is 0 Å². The zero-order valence-corrected chi connectivity index (χ0v) is 27.7. The van der Waals surface area contributed by atoms with Crippen molar-refractivity contribution in [2.75, 3.05) is 12.3 Å². The number of nitrogens with two attached hydrogens (primary N) is 1. The van der Waals surface area contributed by atoms with Crippen molar-refractivity contribution in [3.05, 3.63) is 16.7 Å². The van der Waals surface area contributed by atoms with Crippen LogP contribution in [0.3, 0.4) is 0 Å². The molecule has 0 amide bonds. The van der Waals surface area contributed by atoms with Crippen LogP contribution in [0.5, 0.6) is 0 Å². The van der Waals surface area contributed by atoms with Crippen LogP contribution in [0.2, 0.25) is 0 Å². The number of hydrogen-bond donors (Lipinski definition) is 7. The van der Waals surface area contributed by atoms with E-state index in [1.807, 2.05) is 0 Å². The molecule has 0 bridgehead atoms. The van der Waals surface area contributed by atoms with Gasteiger partial charge in [0.1, 0.15) is 42.7 Å². The summed E-state index contributed by atoms with van der Waals surface area (Å²) < 4.78 is 48.7. The van der Waals surface area contributed by atoms with Crippen LogP contribution in [0.25, 0.3) is 11.2 Å². The second-order valence-corrected chi connectivity index (χ2v) is 11.5. The zero-order valence-electron chi connectivity index (χ0n) is 21.9. The molecule has 2 fully saturated rings. The molecule has 20 nitrogen and oxygen atoms in total. The van der Waals surface area contributed by atoms with Gasteiger partial charge in [0.2, 0.25) is 5.95 Å². The van der Waals surface area contributed by atoms with E-state index in [0.717, 1.165) is 10.9 Å². The molecule has 4 heterocycles. The van der Waals surface area contributed by atoms with Crippen LogP contribution >= 0.6 is 15.6 Å². The molecule has 2 aromatic rings. The van der Waals surface area contributed by atoms with Gasteiger partial charge in [-0.2, -0.15) is 4.98 Å². The van der Waals surface area contributed by atoms with E-state index >= 15 is 0 Å². The number of phosphoric ester groups is 2. The number of hydrogen-bond acceptors (Lipinski definition) is 18. The Morgan fingerprint density at radius 3 is 2.33 bits per heavy atom. The first-order valence-electron chi connectivity index (χ1n) is 11.2. The Morgan fingerprint density at radius 2 is 1.69 bits per heavy atom. The first kappa shape index (κ1) is 37.9. The standard InChI is InChI=1S/C18H25N5O15P2.2Na/c1-2-3-6-9(24)11(26)13(28)17(36-6)37-40(32,33)38-39(30,31)34-4-7-10(25)12(27)16(35-7)23-5-20-8-14(23)21-18(19)22-15(8)29;;/h1,5-7,9-13,16-17,24-28H,3-4H2,(H,30,31)(H,32,33)(H3,19,21,22,29);;/q;2*+1/p-2. The van der Waals surface area contributed by atoms with Gasteiger partial charge in [0.25, 0.3) is 21.2 Å². The average Bonchev–Trinajstić information content (AvgIpc) is 3.39. The average molecular weight is 657 g/mol. The number of nitrogen functional groups attached to an aromatic ring is 1. The number of nitrogens with zero attached hydrogens (tertiary/aromatic N) is 3. The molecule has 2 aromatic heterocycles. The summed E-state index contributed by atoms with van der Waals surface area (Å²) in [6.07, 6.45) is -10.1. The molecule has 24 heteroatoms. The van der Waals surface area contributed by atoms with Gasteiger partial charge in [-0.05, 0) is 0 Å². The van der Waals surface area contributed by atoms with Crippen LogP contribution in [0, 0.1) is 12.3 Å². The number of aliphatic hydroxyl groups is 5. The Balaban J connectivity index is 0.00000308. The van der Waals surface area contributed by atoms with E-state index in [2.05, 4.69) is 34.2 Å². The summed E-state index contributed by atoms with van der Waals surface area (Å²) in [7, 11) is -11.7. The summed E-state index contributed by atoms with van der Waals surface area (Å²) in [6.45, 7) is -1.07. The van der Waals surface area contributed by atoms with Crippen molar-refractivity contribution in [1.82, 2.24) is 19.5 Å². The fraction of sp³-hybridized carbons (Fsp3) is 0.611. The van der Waals surface area contributed by atoms with Crippen LogP contribution in [0.15, 0.2) is 11.1 Å². The number of nitrogens with one attached hydrogen (secondary N) is 1. The molecule has 0 radical (unpaired) electrons. The van der Waals surface area contributed by atoms with Gasteiger partial charge in [-0.15, -0.1) is 12.3 Å². The number of aliphatic hydroxyl groups excluding tert-OH is 5. The number of aromatic amines is 1. The van der Waals surface area contributed by atoms with E-state index in [-0.39, 0.29) is 82.6 Å². The number of fused-ring (bicyclic) bond motifs is 1. The van der Waals surface area contributed by atoms with Crippen molar-refractivity contribution in [2.24, 2.45) is 0 Å². The van der Waals surface area contributed by atoms with Crippen LogP contribution in [0.1, 0.15) is 12.6 Å². The maximum absolute atomic E-state index is 12.2. The Bertz CT molecular complexity index is 1440. The second kappa shape index (κ2) is 14.9. The largest absolute Gasteiger partial charge is 1.00 e. The van der Waals surface area contributed by atoms with Crippen molar-refractivity contribution < 1.29 is 126 Å². The van der Waals surface area contributed by atoms with Crippen LogP contribution in [-0.4, -0.2) is 101 Å². The molecule has 0 saturated carbocycles. The van der Waals surface area contributed by atoms with E-state index in [4.69, 9.17) is 21.6 Å². The minimum absolute atomic E-state index is 0. The first-order chi connectivity index (χ1) is 18.6. The van der Waals surface area contributed by atoms with Gasteiger partial charge in [-0.3, -0.25) is 28.0 Å². The summed E-state index contributed by atoms with van der Waals surface area (Å²) in [4.78, 5) is 46.3. The minimum atomic E-state index is -5.89. The molecular formula is C18H23N5Na2O15P2. The number of anilines is 1. The van der Waals surface area contributed by atoms with E-state index in [1.54, 1.807) is 0 Å². The molecule has 0 aromatic carbocycles. The number of rotatable bonds is 9. The molecule has 8 N–H and O–H groups in total. The third kappa shape index (κ3) is 8.28. The molecule has 11 unspecified atom stereocenters. The van der Waals surface area contributed by atoms with Crippen molar-refractivity contribution >= 4 is 32.8 Å². The molecular weight excluding hydrogens is 634 g/mol. The van der Waals surface area contributed by atoms with Gasteiger partial charge in [0.15, 0.2) is 23.7 Å². The molecule has 2 saturated heterocycles. The zero-order chi connectivity index (χ0) is 29.6. The number of terminal acetylenes is 1. The molecule has 4 rings (SSSR count). The van der Waals surface area contributed by atoms with Crippen molar-refractivity contribution in [3.8, 4) is 12.3 Å². The Kier molecular flexibility index (Phi) is 13.4. The summed E-state index contributed by atoms with van der Waals surface area (Å²) in [5, 5.41) is 50.4. The summed E-state index contributed by atoms with van der Waals surface area (Å²) in [6, 6.07) is 0. The topological polar surface area (TPSA) is 317 Å². The summed E-state index contributed by atoms with van der Waals surface area (Å²) >= 11 is 0. The number of imidazole rings is 1. The molecule has 2 aliphatic rings. The molecule has 0 aliphatic carbocycles. The second-order valence-electron chi connectivity index (χ2n) is 8.62. The van der Waals surface area contributed by atoms with Crippen LogP contribution in [0.4, 0.5) is 5.95 Å². The van der Waals surface area contributed by atoms with E-state index in [0.29, 0.717) is 0 Å². The predicted octanol–water partition coefficient (Wildman–Crippen LogP) is -10.9. The minimum Gasteiger partial charge on any atom is -0.756 e. The Labute approximate surface area is 279 Å². The van der Waals surface area contributed by atoms with Crippen molar-refractivity contribution in [2.45, 2.75) is 61.7 Å². The molecule has 11 atom stereocenters. The monoisotopic (exact) mass is 657 g/mol. The normalized spacial score (nSPS) is 34.0. The fourth-order valence-corrected chi connectivity index (χ4v) is 6.05. The SMILES string of the molecule is C#CCC1OC(OP(=O)([O-])OP(=O)([O-])OCC2OC(n3cnc4c(=O)[nH]c(N)nc43)C(O)C2O)C(O)C(O)C1O.[Na+].[Na+]. The Morgan fingerprint density at radius 1 is 1.05 bits per heavy atom. The van der Waals surface area contributed by atoms with Gasteiger partial charge in [0, 0.05) is 6.42 Å². The number of ether oxygens (including phenoxy) is 2. The molecule has 2 aliphatic heterocycles. The van der Waals surface area contributed by atoms with E-state index in [9.17, 15) is 49.2 Å². The number of phosphoric acid groups is 2. The first-order valence-corrected chi connectivity index (χ1v) is 14.1. The molecule has 222 valence electrons. The number of aromatic nitrogens is 4. The third-order valence-corrected chi connectivity index (χ3v) is 8.41. The van der Waals surface area contributed by atoms with Crippen LogP contribution < -0.4 is 80.2 Å². The van der Waals surface area contributed by atoms with E-state index < -0.39 is 83.1 Å². The van der Waals surface area contributed by atoms with Gasteiger partial charge < -0.3 is 55.1 Å². The quantitative estimate of drug-likeness (QED) is 0.0748. The smallest absolute Gasteiger partial charge is 0.756 e.